The van der Waals surface area contributed by atoms with Gasteiger partial charge in [0.1, 0.15) is 0 Å². The second-order valence-corrected chi connectivity index (χ2v) is 6.65. The zero-order chi connectivity index (χ0) is 16.7. The Morgan fingerprint density at radius 1 is 1.25 bits per heavy atom. The van der Waals surface area contributed by atoms with Crippen LogP contribution in [0.3, 0.4) is 0 Å². The minimum absolute atomic E-state index is 0. The van der Waals surface area contributed by atoms with Crippen molar-refractivity contribution in [1.82, 2.24) is 4.90 Å². The number of morpholine rings is 1. The van der Waals surface area contributed by atoms with Gasteiger partial charge in [-0.25, -0.2) is 0 Å². The summed E-state index contributed by atoms with van der Waals surface area (Å²) in [6.45, 7) is 10.9. The first-order valence-electron chi connectivity index (χ1n) is 8.50. The number of aryl methyl sites for hydroxylation is 1. The van der Waals surface area contributed by atoms with Gasteiger partial charge in [0.05, 0.1) is 19.8 Å². The molecule has 1 aliphatic heterocycles. The van der Waals surface area contributed by atoms with Crippen LogP contribution in [-0.2, 0) is 4.74 Å². The summed E-state index contributed by atoms with van der Waals surface area (Å²) in [5.41, 5.74) is 8.26. The molecule has 0 amide bonds. The van der Waals surface area contributed by atoms with E-state index in [1.807, 2.05) is 12.1 Å². The molecule has 5 nitrogen and oxygen atoms in total. The molecule has 1 unspecified atom stereocenters. The molecule has 3 N–H and O–H groups in total. The van der Waals surface area contributed by atoms with Gasteiger partial charge in [0.2, 0.25) is 0 Å². The fourth-order valence-corrected chi connectivity index (χ4v) is 2.85. The van der Waals surface area contributed by atoms with Crippen molar-refractivity contribution in [3.8, 4) is 0 Å². The van der Waals surface area contributed by atoms with Crippen LogP contribution in [-0.4, -0.2) is 49.7 Å². The average Bonchev–Trinajstić information content (AvgIpc) is 2.54. The molecule has 6 heteroatoms. The molecule has 1 aromatic rings. The Bertz CT molecular complexity index is 498. The molecule has 1 fully saturated rings. The minimum Gasteiger partial charge on any atom is -0.379 e. The standard InChI is InChI=1S/C18H30N4O.HI/c1-14(2)12-17(22-8-10-23-11-9-22)13-20-18(19)21-16-6-4-15(3)5-7-16;/h4-7,14,17H,8-13H2,1-3H3,(H3,19,20,21);1H. The predicted molar refractivity (Wildman–Crippen MR) is 112 cm³/mol. The van der Waals surface area contributed by atoms with Crippen LogP contribution in [0.25, 0.3) is 0 Å². The summed E-state index contributed by atoms with van der Waals surface area (Å²) in [7, 11) is 0. The molecule has 0 saturated carbocycles. The molecule has 1 heterocycles. The van der Waals surface area contributed by atoms with Crippen molar-refractivity contribution in [3.63, 3.8) is 0 Å². The van der Waals surface area contributed by atoms with E-state index in [4.69, 9.17) is 10.5 Å². The van der Waals surface area contributed by atoms with Crippen molar-refractivity contribution >= 4 is 35.6 Å². The maximum atomic E-state index is 6.05. The highest BCUT2D eigenvalue weighted by atomic mass is 127. The third kappa shape index (κ3) is 7.36. The van der Waals surface area contributed by atoms with Crippen LogP contribution in [0.1, 0.15) is 25.8 Å². The summed E-state index contributed by atoms with van der Waals surface area (Å²) in [4.78, 5) is 7.05. The molecule has 0 spiro atoms. The number of hydrogen-bond acceptors (Lipinski definition) is 3. The molecular weight excluding hydrogens is 415 g/mol. The van der Waals surface area contributed by atoms with Gasteiger partial charge in [-0.05, 0) is 31.4 Å². The highest BCUT2D eigenvalue weighted by Crippen LogP contribution is 2.14. The van der Waals surface area contributed by atoms with Crippen LogP contribution < -0.4 is 11.1 Å². The quantitative estimate of drug-likeness (QED) is 0.401. The highest BCUT2D eigenvalue weighted by molar-refractivity contribution is 14.0. The van der Waals surface area contributed by atoms with Crippen molar-refractivity contribution in [2.24, 2.45) is 16.6 Å². The number of nitrogens with one attached hydrogen (secondary N) is 1. The van der Waals surface area contributed by atoms with E-state index in [1.165, 1.54) is 5.56 Å². The van der Waals surface area contributed by atoms with Crippen molar-refractivity contribution in [2.45, 2.75) is 33.2 Å². The Balaban J connectivity index is 0.00000288. The van der Waals surface area contributed by atoms with Gasteiger partial charge in [-0.1, -0.05) is 31.5 Å². The van der Waals surface area contributed by atoms with Crippen LogP contribution in [0.2, 0.25) is 0 Å². The summed E-state index contributed by atoms with van der Waals surface area (Å²) in [5, 5.41) is 3.17. The zero-order valence-electron chi connectivity index (χ0n) is 15.0. The summed E-state index contributed by atoms with van der Waals surface area (Å²) in [6.07, 6.45) is 1.13. The predicted octanol–water partition coefficient (Wildman–Crippen LogP) is 3.09. The smallest absolute Gasteiger partial charge is 0.193 e. The Kier molecular flexibility index (Phi) is 9.61. The van der Waals surface area contributed by atoms with Gasteiger partial charge in [0, 0.05) is 24.8 Å². The Hall–Kier alpha value is -0.860. The van der Waals surface area contributed by atoms with Gasteiger partial charge in [0.15, 0.2) is 5.96 Å². The molecule has 2 rings (SSSR count). The zero-order valence-corrected chi connectivity index (χ0v) is 17.3. The van der Waals surface area contributed by atoms with Gasteiger partial charge >= 0.3 is 0 Å². The summed E-state index contributed by atoms with van der Waals surface area (Å²) in [6, 6.07) is 8.59. The van der Waals surface area contributed by atoms with E-state index in [0.717, 1.165) is 45.0 Å². The summed E-state index contributed by atoms with van der Waals surface area (Å²) in [5.74, 6) is 1.13. The fraction of sp³-hybridized carbons (Fsp3) is 0.611. The lowest BCUT2D eigenvalue weighted by molar-refractivity contribution is 0.0143. The molecule has 1 aromatic carbocycles. The number of guanidine groups is 1. The first-order valence-corrected chi connectivity index (χ1v) is 8.50. The average molecular weight is 446 g/mol. The van der Waals surface area contributed by atoms with E-state index in [0.29, 0.717) is 17.9 Å². The van der Waals surface area contributed by atoms with Crippen LogP contribution >= 0.6 is 24.0 Å². The van der Waals surface area contributed by atoms with Crippen LogP contribution in [0, 0.1) is 12.8 Å². The molecular formula is C18H31IN4O. The molecule has 24 heavy (non-hydrogen) atoms. The molecule has 1 aliphatic rings. The first kappa shape index (κ1) is 21.2. The lowest BCUT2D eigenvalue weighted by Crippen LogP contribution is -2.45. The number of nitrogens with two attached hydrogens (primary N) is 1. The van der Waals surface area contributed by atoms with Gasteiger partial charge in [-0.3, -0.25) is 9.89 Å². The second-order valence-electron chi connectivity index (χ2n) is 6.65. The van der Waals surface area contributed by atoms with Crippen LogP contribution in [0.5, 0.6) is 0 Å². The fourth-order valence-electron chi connectivity index (χ4n) is 2.85. The number of halogens is 1. The maximum Gasteiger partial charge on any atom is 0.193 e. The van der Waals surface area contributed by atoms with E-state index in [-0.39, 0.29) is 24.0 Å². The number of benzene rings is 1. The largest absolute Gasteiger partial charge is 0.379 e. The number of nitrogens with zero attached hydrogens (tertiary/aromatic N) is 2. The van der Waals surface area contributed by atoms with Gasteiger partial charge in [-0.2, -0.15) is 0 Å². The first-order chi connectivity index (χ1) is 11.0. The van der Waals surface area contributed by atoms with Crippen LogP contribution in [0.4, 0.5) is 5.69 Å². The Labute approximate surface area is 163 Å². The lowest BCUT2D eigenvalue weighted by Gasteiger charge is -2.34. The monoisotopic (exact) mass is 446 g/mol. The molecule has 0 radical (unpaired) electrons. The third-order valence-corrected chi connectivity index (χ3v) is 4.10. The summed E-state index contributed by atoms with van der Waals surface area (Å²) >= 11 is 0. The van der Waals surface area contributed by atoms with E-state index in [1.54, 1.807) is 0 Å². The normalized spacial score (nSPS) is 17.4. The highest BCUT2D eigenvalue weighted by Gasteiger charge is 2.21. The Morgan fingerprint density at radius 3 is 2.46 bits per heavy atom. The molecule has 136 valence electrons. The van der Waals surface area contributed by atoms with E-state index in [9.17, 15) is 0 Å². The SMILES string of the molecule is Cc1ccc(NC(N)=NCC(CC(C)C)N2CCOCC2)cc1.I. The van der Waals surface area contributed by atoms with Gasteiger partial charge in [-0.15, -0.1) is 24.0 Å². The second kappa shape index (κ2) is 10.9. The van der Waals surface area contributed by atoms with Crippen LogP contribution in [0.15, 0.2) is 29.3 Å². The number of anilines is 1. The molecule has 0 bridgehead atoms. The van der Waals surface area contributed by atoms with Crippen molar-refractivity contribution in [1.29, 1.82) is 0 Å². The van der Waals surface area contributed by atoms with Gasteiger partial charge < -0.3 is 15.8 Å². The van der Waals surface area contributed by atoms with Crippen molar-refractivity contribution in [2.75, 3.05) is 38.2 Å². The molecule has 0 aliphatic carbocycles. The van der Waals surface area contributed by atoms with E-state index >= 15 is 0 Å². The van der Waals surface area contributed by atoms with E-state index < -0.39 is 0 Å². The Morgan fingerprint density at radius 2 is 1.88 bits per heavy atom. The van der Waals surface area contributed by atoms with Gasteiger partial charge in [0.25, 0.3) is 0 Å². The number of aliphatic imine (C=N–C) groups is 1. The summed E-state index contributed by atoms with van der Waals surface area (Å²) < 4.78 is 5.45. The third-order valence-electron chi connectivity index (χ3n) is 4.10. The molecule has 1 saturated heterocycles. The maximum absolute atomic E-state index is 6.05. The number of rotatable bonds is 6. The lowest BCUT2D eigenvalue weighted by atomic mass is 10.0. The van der Waals surface area contributed by atoms with E-state index in [2.05, 4.69) is 48.1 Å². The minimum atomic E-state index is 0. The number of hydrogen-bond donors (Lipinski definition) is 2. The van der Waals surface area contributed by atoms with Crippen molar-refractivity contribution < 1.29 is 4.74 Å². The molecule has 1 atom stereocenters. The molecule has 0 aromatic heterocycles. The number of ether oxygens (including phenoxy) is 1. The topological polar surface area (TPSA) is 62.9 Å². The van der Waals surface area contributed by atoms with Crippen molar-refractivity contribution in [3.05, 3.63) is 29.8 Å².